The lowest BCUT2D eigenvalue weighted by Gasteiger charge is -2.15. The van der Waals surface area contributed by atoms with Gasteiger partial charge in [0, 0.05) is 25.4 Å². The molecular weight excluding hydrogens is 400 g/mol. The number of imide groups is 1. The molecule has 0 aliphatic carbocycles. The van der Waals surface area contributed by atoms with Gasteiger partial charge in [-0.2, -0.15) is 0 Å². The smallest absolute Gasteiger partial charge is 0.278 e. The molecule has 0 unspecified atom stereocenters. The van der Waals surface area contributed by atoms with Gasteiger partial charge in [0.25, 0.3) is 11.8 Å². The van der Waals surface area contributed by atoms with Crippen LogP contribution < -0.4 is 5.32 Å². The second-order valence-corrected chi connectivity index (χ2v) is 8.57. The summed E-state index contributed by atoms with van der Waals surface area (Å²) in [5, 5.41) is 3.26. The summed E-state index contributed by atoms with van der Waals surface area (Å²) < 4.78 is 5.62. The Morgan fingerprint density at radius 1 is 0.844 bits per heavy atom. The van der Waals surface area contributed by atoms with Crippen LogP contribution in [-0.2, 0) is 14.3 Å². The highest BCUT2D eigenvalue weighted by Gasteiger charge is 2.39. The van der Waals surface area contributed by atoms with Gasteiger partial charge in [-0.15, -0.1) is 0 Å². The van der Waals surface area contributed by atoms with Gasteiger partial charge >= 0.3 is 0 Å². The molecular formula is C27H34N2O3. The molecule has 2 aromatic rings. The van der Waals surface area contributed by atoms with Crippen molar-refractivity contribution in [2.75, 3.05) is 25.1 Å². The standard InChI is InChI=1S/C27H34N2O3/c1-6-7-14-32-15-8-13-29-26(30)24(23-12-9-18(2)16-21(23)5)25(27(29)31)28-22-11-10-19(3)20(4)17-22/h9-12,16-17,28H,6-8,13-15H2,1-5H3. The van der Waals surface area contributed by atoms with Crippen LogP contribution in [0.15, 0.2) is 42.1 Å². The fourth-order valence-electron chi connectivity index (χ4n) is 3.88. The summed E-state index contributed by atoms with van der Waals surface area (Å²) in [6.45, 7) is 11.8. The lowest BCUT2D eigenvalue weighted by molar-refractivity contribution is -0.137. The zero-order chi connectivity index (χ0) is 23.3. The maximum atomic E-state index is 13.4. The molecule has 0 spiro atoms. The van der Waals surface area contributed by atoms with Crippen LogP contribution in [0.2, 0.25) is 0 Å². The third kappa shape index (κ3) is 5.28. The van der Waals surface area contributed by atoms with E-state index in [0.29, 0.717) is 37.4 Å². The van der Waals surface area contributed by atoms with Crippen LogP contribution in [0.5, 0.6) is 0 Å². The van der Waals surface area contributed by atoms with E-state index in [2.05, 4.69) is 12.2 Å². The highest BCUT2D eigenvalue weighted by atomic mass is 16.5. The van der Waals surface area contributed by atoms with Crippen LogP contribution in [0.3, 0.4) is 0 Å². The van der Waals surface area contributed by atoms with Crippen molar-refractivity contribution in [3.8, 4) is 0 Å². The monoisotopic (exact) mass is 434 g/mol. The van der Waals surface area contributed by atoms with E-state index in [0.717, 1.165) is 40.8 Å². The third-order valence-corrected chi connectivity index (χ3v) is 5.91. The van der Waals surface area contributed by atoms with Crippen molar-refractivity contribution < 1.29 is 14.3 Å². The molecule has 170 valence electrons. The highest BCUT2D eigenvalue weighted by molar-refractivity contribution is 6.36. The lowest BCUT2D eigenvalue weighted by atomic mass is 9.97. The summed E-state index contributed by atoms with van der Waals surface area (Å²) in [5.41, 5.74) is 6.78. The van der Waals surface area contributed by atoms with Crippen molar-refractivity contribution in [2.45, 2.75) is 53.9 Å². The quantitative estimate of drug-likeness (QED) is 0.406. The lowest BCUT2D eigenvalue weighted by Crippen LogP contribution is -2.34. The molecule has 3 rings (SSSR count). The number of rotatable bonds is 10. The topological polar surface area (TPSA) is 58.6 Å². The van der Waals surface area contributed by atoms with Crippen LogP contribution in [0.4, 0.5) is 5.69 Å². The van der Waals surface area contributed by atoms with Crippen LogP contribution in [0, 0.1) is 27.7 Å². The second-order valence-electron chi connectivity index (χ2n) is 8.57. The maximum absolute atomic E-state index is 13.4. The minimum atomic E-state index is -0.281. The van der Waals surface area contributed by atoms with E-state index < -0.39 is 0 Å². The molecule has 32 heavy (non-hydrogen) atoms. The Bertz CT molecular complexity index is 1040. The van der Waals surface area contributed by atoms with E-state index in [1.165, 1.54) is 10.5 Å². The predicted octanol–water partition coefficient (Wildman–Crippen LogP) is 5.32. The first kappa shape index (κ1) is 23.7. The fraction of sp³-hybridized carbons (Fsp3) is 0.407. The Morgan fingerprint density at radius 2 is 1.59 bits per heavy atom. The predicted molar refractivity (Wildman–Crippen MR) is 129 cm³/mol. The van der Waals surface area contributed by atoms with E-state index in [-0.39, 0.29) is 11.8 Å². The second kappa shape index (κ2) is 10.6. The Balaban J connectivity index is 1.89. The molecule has 0 fully saturated rings. The zero-order valence-electron chi connectivity index (χ0n) is 19.9. The number of amides is 2. The van der Waals surface area contributed by atoms with E-state index in [1.807, 2.05) is 64.1 Å². The van der Waals surface area contributed by atoms with Gasteiger partial charge in [-0.05, 0) is 74.9 Å². The summed E-state index contributed by atoms with van der Waals surface area (Å²) in [7, 11) is 0. The first-order chi connectivity index (χ1) is 15.3. The Morgan fingerprint density at radius 3 is 2.28 bits per heavy atom. The Kier molecular flexibility index (Phi) is 7.86. The molecule has 1 aliphatic heterocycles. The van der Waals surface area contributed by atoms with Gasteiger partial charge in [0.2, 0.25) is 0 Å². The van der Waals surface area contributed by atoms with E-state index >= 15 is 0 Å². The molecule has 0 radical (unpaired) electrons. The molecule has 0 atom stereocenters. The number of nitrogens with one attached hydrogen (secondary N) is 1. The molecule has 0 saturated carbocycles. The first-order valence-corrected chi connectivity index (χ1v) is 11.4. The minimum absolute atomic E-state index is 0.248. The van der Waals surface area contributed by atoms with Crippen molar-refractivity contribution in [3.05, 3.63) is 69.9 Å². The molecule has 0 saturated heterocycles. The fourth-order valence-corrected chi connectivity index (χ4v) is 3.88. The van der Waals surface area contributed by atoms with Crippen LogP contribution in [0.1, 0.15) is 54.0 Å². The molecule has 0 bridgehead atoms. The molecule has 0 aromatic heterocycles. The molecule has 1 aliphatic rings. The number of hydrogen-bond donors (Lipinski definition) is 1. The molecule has 2 amide bonds. The van der Waals surface area contributed by atoms with Gasteiger partial charge in [-0.3, -0.25) is 14.5 Å². The number of nitrogens with zero attached hydrogens (tertiary/aromatic N) is 1. The first-order valence-electron chi connectivity index (χ1n) is 11.4. The van der Waals surface area contributed by atoms with Gasteiger partial charge in [0.15, 0.2) is 0 Å². The number of hydrogen-bond acceptors (Lipinski definition) is 4. The summed E-state index contributed by atoms with van der Waals surface area (Å²) in [5.74, 6) is -0.529. The summed E-state index contributed by atoms with van der Waals surface area (Å²) >= 11 is 0. The van der Waals surface area contributed by atoms with Gasteiger partial charge in [-0.1, -0.05) is 43.2 Å². The molecule has 1 N–H and O–H groups in total. The average Bonchev–Trinajstić information content (AvgIpc) is 2.97. The number of aryl methyl sites for hydroxylation is 4. The van der Waals surface area contributed by atoms with Crippen molar-refractivity contribution in [2.24, 2.45) is 0 Å². The maximum Gasteiger partial charge on any atom is 0.278 e. The Labute approximate surface area is 191 Å². The summed E-state index contributed by atoms with van der Waals surface area (Å²) in [6.07, 6.45) is 2.72. The van der Waals surface area contributed by atoms with Crippen molar-refractivity contribution in [1.82, 2.24) is 4.90 Å². The number of unbranched alkanes of at least 4 members (excludes halogenated alkanes) is 1. The summed E-state index contributed by atoms with van der Waals surface area (Å²) in [4.78, 5) is 28.1. The van der Waals surface area contributed by atoms with Crippen molar-refractivity contribution in [1.29, 1.82) is 0 Å². The number of carbonyl (C=O) groups excluding carboxylic acids is 2. The largest absolute Gasteiger partial charge is 0.381 e. The number of carbonyl (C=O) groups is 2. The third-order valence-electron chi connectivity index (χ3n) is 5.91. The highest BCUT2D eigenvalue weighted by Crippen LogP contribution is 2.33. The van der Waals surface area contributed by atoms with E-state index in [9.17, 15) is 9.59 Å². The Hall–Kier alpha value is -2.92. The molecule has 1 heterocycles. The van der Waals surface area contributed by atoms with Crippen LogP contribution in [-0.4, -0.2) is 36.5 Å². The summed E-state index contributed by atoms with van der Waals surface area (Å²) in [6, 6.07) is 11.9. The SMILES string of the molecule is CCCCOCCCN1C(=O)C(Nc2ccc(C)c(C)c2)=C(c2ccc(C)cc2C)C1=O. The van der Waals surface area contributed by atoms with Gasteiger partial charge in [0.1, 0.15) is 5.70 Å². The molecule has 5 heteroatoms. The van der Waals surface area contributed by atoms with Gasteiger partial charge < -0.3 is 10.1 Å². The normalized spacial score (nSPS) is 14.0. The number of anilines is 1. The van der Waals surface area contributed by atoms with Crippen molar-refractivity contribution in [3.63, 3.8) is 0 Å². The van der Waals surface area contributed by atoms with Gasteiger partial charge in [0.05, 0.1) is 5.57 Å². The number of ether oxygens (including phenoxy) is 1. The molecule has 5 nitrogen and oxygen atoms in total. The van der Waals surface area contributed by atoms with Crippen LogP contribution in [0.25, 0.3) is 5.57 Å². The average molecular weight is 435 g/mol. The van der Waals surface area contributed by atoms with E-state index in [4.69, 9.17) is 4.74 Å². The number of benzene rings is 2. The van der Waals surface area contributed by atoms with Crippen molar-refractivity contribution >= 4 is 23.1 Å². The molecule has 2 aromatic carbocycles. The van der Waals surface area contributed by atoms with Crippen LogP contribution >= 0.6 is 0 Å². The minimum Gasteiger partial charge on any atom is -0.381 e. The van der Waals surface area contributed by atoms with Gasteiger partial charge in [-0.25, -0.2) is 0 Å². The zero-order valence-corrected chi connectivity index (χ0v) is 19.9. The van der Waals surface area contributed by atoms with E-state index in [1.54, 1.807) is 0 Å².